The van der Waals surface area contributed by atoms with Gasteiger partial charge in [-0.05, 0) is 27.9 Å². The number of aryl methyl sites for hydroxylation is 2. The predicted octanol–water partition coefficient (Wildman–Crippen LogP) is 1.12. The van der Waals surface area contributed by atoms with Crippen molar-refractivity contribution in [3.63, 3.8) is 0 Å². The smallest absolute Gasteiger partial charge is 0.270 e. The molecule has 0 saturated heterocycles. The summed E-state index contributed by atoms with van der Waals surface area (Å²) in [4.78, 5) is 22.5. The molecule has 0 bridgehead atoms. The average Bonchev–Trinajstić information content (AvgIpc) is 2.82. The molecule has 2 N–H and O–H groups in total. The van der Waals surface area contributed by atoms with Crippen molar-refractivity contribution in [1.29, 1.82) is 0 Å². The van der Waals surface area contributed by atoms with Crippen molar-refractivity contribution in [2.45, 2.75) is 13.8 Å². The first-order valence-electron chi connectivity index (χ1n) is 6.93. The van der Waals surface area contributed by atoms with E-state index in [0.29, 0.717) is 35.5 Å². The lowest BCUT2D eigenvalue weighted by Gasteiger charge is -2.11. The van der Waals surface area contributed by atoms with Gasteiger partial charge in [0.05, 0.1) is 0 Å². The highest BCUT2D eigenvalue weighted by Gasteiger charge is 2.11. The molecule has 8 nitrogen and oxygen atoms in total. The molecule has 0 saturated carbocycles. The van der Waals surface area contributed by atoms with E-state index in [1.54, 1.807) is 26.0 Å². The van der Waals surface area contributed by atoms with Gasteiger partial charge < -0.3 is 20.1 Å². The number of likely N-dealkylation sites (N-methyl/N-ethyl adjacent to an activating group) is 1. The van der Waals surface area contributed by atoms with Gasteiger partial charge in [-0.3, -0.25) is 4.79 Å². The number of hydrogen-bond donors (Lipinski definition) is 2. The lowest BCUT2D eigenvalue weighted by atomic mass is 10.3. The molecule has 0 aromatic carbocycles. The van der Waals surface area contributed by atoms with Gasteiger partial charge in [0.1, 0.15) is 23.1 Å². The summed E-state index contributed by atoms with van der Waals surface area (Å²) in [6, 6.07) is 3.33. The third kappa shape index (κ3) is 4.52. The minimum atomic E-state index is -0.230. The van der Waals surface area contributed by atoms with Crippen LogP contribution in [0, 0.1) is 13.8 Å². The van der Waals surface area contributed by atoms with Crippen LogP contribution in [0.15, 0.2) is 16.7 Å². The zero-order valence-corrected chi connectivity index (χ0v) is 13.2. The standard InChI is InChI=1S/C14H20N6O2/c1-9-7-13(19-22-9)18-12-8-11(16-10(2)17-12)14(21)15-5-6-20(3)4/h7-8H,5-6H2,1-4H3,(H,15,21)(H,16,17,18,19). The number of hydrogen-bond acceptors (Lipinski definition) is 7. The second-order valence-electron chi connectivity index (χ2n) is 5.19. The molecule has 2 aromatic rings. The van der Waals surface area contributed by atoms with E-state index in [4.69, 9.17) is 4.52 Å². The fraction of sp³-hybridized carbons (Fsp3) is 0.429. The van der Waals surface area contributed by atoms with Gasteiger partial charge in [-0.15, -0.1) is 0 Å². The van der Waals surface area contributed by atoms with E-state index in [-0.39, 0.29) is 5.91 Å². The Morgan fingerprint density at radius 3 is 2.64 bits per heavy atom. The molecule has 8 heteroatoms. The summed E-state index contributed by atoms with van der Waals surface area (Å²) >= 11 is 0. The molecule has 0 spiro atoms. The molecule has 0 unspecified atom stereocenters. The van der Waals surface area contributed by atoms with Gasteiger partial charge in [-0.25, -0.2) is 9.97 Å². The Morgan fingerprint density at radius 2 is 2.00 bits per heavy atom. The van der Waals surface area contributed by atoms with Gasteiger partial charge in [-0.1, -0.05) is 5.16 Å². The number of carbonyl (C=O) groups excluding carboxylic acids is 1. The van der Waals surface area contributed by atoms with Gasteiger partial charge in [0.2, 0.25) is 0 Å². The monoisotopic (exact) mass is 304 g/mol. The molecular weight excluding hydrogens is 284 g/mol. The van der Waals surface area contributed by atoms with Crippen LogP contribution in [0.3, 0.4) is 0 Å². The van der Waals surface area contributed by atoms with E-state index in [1.165, 1.54) is 0 Å². The van der Waals surface area contributed by atoms with Crippen LogP contribution in [0.5, 0.6) is 0 Å². The molecule has 0 fully saturated rings. The molecular formula is C14H20N6O2. The van der Waals surface area contributed by atoms with Gasteiger partial charge in [0.25, 0.3) is 5.91 Å². The fourth-order valence-electron chi connectivity index (χ4n) is 1.79. The minimum absolute atomic E-state index is 0.230. The van der Waals surface area contributed by atoms with Crippen molar-refractivity contribution < 1.29 is 9.32 Å². The molecule has 0 aliphatic rings. The predicted molar refractivity (Wildman–Crippen MR) is 82.2 cm³/mol. The summed E-state index contributed by atoms with van der Waals surface area (Å²) in [6.45, 7) is 4.85. The molecule has 0 radical (unpaired) electrons. The van der Waals surface area contributed by atoms with Crippen molar-refractivity contribution in [3.05, 3.63) is 29.4 Å². The van der Waals surface area contributed by atoms with Crippen molar-refractivity contribution in [2.75, 3.05) is 32.5 Å². The lowest BCUT2D eigenvalue weighted by molar-refractivity contribution is 0.0945. The Bertz CT molecular complexity index is 653. The maximum absolute atomic E-state index is 12.1. The summed E-state index contributed by atoms with van der Waals surface area (Å²) in [7, 11) is 3.89. The Kier molecular flexibility index (Phi) is 5.05. The third-order valence-corrected chi connectivity index (χ3v) is 2.80. The Balaban J connectivity index is 2.07. The van der Waals surface area contributed by atoms with Crippen LogP contribution in [0.4, 0.5) is 11.6 Å². The molecule has 0 atom stereocenters. The summed E-state index contributed by atoms with van der Waals surface area (Å²) in [5.41, 5.74) is 0.314. The number of anilines is 2. The molecule has 22 heavy (non-hydrogen) atoms. The number of amides is 1. The molecule has 0 aliphatic carbocycles. The summed E-state index contributed by atoms with van der Waals surface area (Å²) in [5.74, 6) is 2.00. The highest BCUT2D eigenvalue weighted by atomic mass is 16.5. The van der Waals surface area contributed by atoms with Gasteiger partial charge in [0, 0.05) is 25.2 Å². The number of carbonyl (C=O) groups is 1. The molecule has 2 rings (SSSR count). The summed E-state index contributed by atoms with van der Waals surface area (Å²) < 4.78 is 4.98. The van der Waals surface area contributed by atoms with Crippen LogP contribution in [0.1, 0.15) is 22.1 Å². The van der Waals surface area contributed by atoms with E-state index in [9.17, 15) is 4.79 Å². The molecule has 2 heterocycles. The highest BCUT2D eigenvalue weighted by Crippen LogP contribution is 2.15. The first-order valence-corrected chi connectivity index (χ1v) is 6.93. The van der Waals surface area contributed by atoms with Crippen LogP contribution in [0.2, 0.25) is 0 Å². The largest absolute Gasteiger partial charge is 0.360 e. The van der Waals surface area contributed by atoms with E-state index < -0.39 is 0 Å². The SMILES string of the molecule is Cc1nc(Nc2cc(C)on2)cc(C(=O)NCCN(C)C)n1. The van der Waals surface area contributed by atoms with Crippen molar-refractivity contribution in [1.82, 2.24) is 25.3 Å². The van der Waals surface area contributed by atoms with Crippen molar-refractivity contribution in [3.8, 4) is 0 Å². The Labute approximate surface area is 128 Å². The van der Waals surface area contributed by atoms with E-state index >= 15 is 0 Å². The second kappa shape index (κ2) is 6.99. The Hall–Kier alpha value is -2.48. The summed E-state index contributed by atoms with van der Waals surface area (Å²) in [6.07, 6.45) is 0. The molecule has 118 valence electrons. The fourth-order valence-corrected chi connectivity index (χ4v) is 1.79. The third-order valence-electron chi connectivity index (χ3n) is 2.80. The highest BCUT2D eigenvalue weighted by molar-refractivity contribution is 5.93. The maximum atomic E-state index is 12.1. The maximum Gasteiger partial charge on any atom is 0.270 e. The van der Waals surface area contributed by atoms with E-state index in [1.807, 2.05) is 19.0 Å². The zero-order chi connectivity index (χ0) is 16.1. The first-order chi connectivity index (χ1) is 10.4. The van der Waals surface area contributed by atoms with Gasteiger partial charge >= 0.3 is 0 Å². The number of nitrogens with zero attached hydrogens (tertiary/aromatic N) is 4. The van der Waals surface area contributed by atoms with E-state index in [2.05, 4.69) is 25.8 Å². The number of nitrogens with one attached hydrogen (secondary N) is 2. The van der Waals surface area contributed by atoms with Crippen LogP contribution >= 0.6 is 0 Å². The zero-order valence-electron chi connectivity index (χ0n) is 13.2. The second-order valence-corrected chi connectivity index (χ2v) is 5.19. The quantitative estimate of drug-likeness (QED) is 0.825. The van der Waals surface area contributed by atoms with Crippen LogP contribution in [-0.2, 0) is 0 Å². The van der Waals surface area contributed by atoms with Crippen LogP contribution in [0.25, 0.3) is 0 Å². The van der Waals surface area contributed by atoms with Crippen LogP contribution in [-0.4, -0.2) is 53.1 Å². The van der Waals surface area contributed by atoms with Crippen molar-refractivity contribution >= 4 is 17.5 Å². The lowest BCUT2D eigenvalue weighted by Crippen LogP contribution is -2.32. The number of rotatable bonds is 6. The summed E-state index contributed by atoms with van der Waals surface area (Å²) in [5, 5.41) is 9.64. The Morgan fingerprint density at radius 1 is 1.23 bits per heavy atom. The average molecular weight is 304 g/mol. The molecule has 1 amide bonds. The number of aromatic nitrogens is 3. The van der Waals surface area contributed by atoms with Gasteiger partial charge in [0.15, 0.2) is 5.82 Å². The van der Waals surface area contributed by atoms with Crippen molar-refractivity contribution in [2.24, 2.45) is 0 Å². The van der Waals surface area contributed by atoms with Crippen LogP contribution < -0.4 is 10.6 Å². The molecule has 2 aromatic heterocycles. The minimum Gasteiger partial charge on any atom is -0.360 e. The van der Waals surface area contributed by atoms with Gasteiger partial charge in [-0.2, -0.15) is 0 Å². The molecule has 0 aliphatic heterocycles. The van der Waals surface area contributed by atoms with E-state index in [0.717, 1.165) is 6.54 Å². The first kappa shape index (κ1) is 15.9. The normalized spacial score (nSPS) is 10.8. The topological polar surface area (TPSA) is 96.2 Å².